The van der Waals surface area contributed by atoms with Crippen LogP contribution in [0.4, 0.5) is 0 Å². The Morgan fingerprint density at radius 2 is 1.59 bits per heavy atom. The maximum Gasteiger partial charge on any atom is -0.00170 e. The molecular weight excluding hydrogens is 204 g/mol. The van der Waals surface area contributed by atoms with Crippen LogP contribution in [-0.4, -0.2) is 0 Å². The summed E-state index contributed by atoms with van der Waals surface area (Å²) in [5.74, 6) is 0.786. The van der Waals surface area contributed by atoms with E-state index in [-0.39, 0.29) is 0 Å². The van der Waals surface area contributed by atoms with Crippen LogP contribution in [0.15, 0.2) is 23.8 Å². The molecule has 0 fully saturated rings. The Labute approximate surface area is 108 Å². The Bertz CT molecular complexity index is 234. The third-order valence-electron chi connectivity index (χ3n) is 3.82. The largest absolute Gasteiger partial charge is 0.0773 e. The maximum atomic E-state index is 2.42. The van der Waals surface area contributed by atoms with Crippen molar-refractivity contribution in [1.29, 1.82) is 0 Å². The van der Waals surface area contributed by atoms with Crippen molar-refractivity contribution in [3.05, 3.63) is 23.8 Å². The van der Waals surface area contributed by atoms with Crippen LogP contribution in [0.2, 0.25) is 0 Å². The monoisotopic (exact) mass is 234 g/mol. The molecule has 1 rings (SSSR count). The average Bonchev–Trinajstić information content (AvgIpc) is 2.78. The number of allylic oxidation sites excluding steroid dienone is 4. The van der Waals surface area contributed by atoms with Crippen molar-refractivity contribution in [3.63, 3.8) is 0 Å². The van der Waals surface area contributed by atoms with E-state index in [4.69, 9.17) is 0 Å². The van der Waals surface area contributed by atoms with E-state index in [1.807, 2.05) is 0 Å². The highest BCUT2D eigenvalue weighted by Gasteiger charge is 2.13. The van der Waals surface area contributed by atoms with Crippen LogP contribution in [0.25, 0.3) is 0 Å². The fraction of sp³-hybridized carbons (Fsp3) is 0.765. The first kappa shape index (κ1) is 14.5. The van der Waals surface area contributed by atoms with Gasteiger partial charge in [-0.15, -0.1) is 0 Å². The highest BCUT2D eigenvalue weighted by atomic mass is 14.2. The molecule has 0 heteroatoms. The van der Waals surface area contributed by atoms with Gasteiger partial charge in [-0.25, -0.2) is 0 Å². The molecule has 0 N–H and O–H groups in total. The molecule has 0 heterocycles. The predicted molar refractivity (Wildman–Crippen MR) is 78.2 cm³/mol. The van der Waals surface area contributed by atoms with Crippen LogP contribution in [-0.2, 0) is 0 Å². The topological polar surface area (TPSA) is 0 Å². The molecule has 0 amide bonds. The smallest absolute Gasteiger partial charge is 0.00170 e. The summed E-state index contributed by atoms with van der Waals surface area (Å²) in [7, 11) is 0. The number of rotatable bonds is 10. The van der Waals surface area contributed by atoms with E-state index in [9.17, 15) is 0 Å². The van der Waals surface area contributed by atoms with Crippen LogP contribution >= 0.6 is 0 Å². The van der Waals surface area contributed by atoms with Crippen molar-refractivity contribution < 1.29 is 0 Å². The van der Waals surface area contributed by atoms with Gasteiger partial charge in [0.2, 0.25) is 0 Å². The lowest BCUT2D eigenvalue weighted by atomic mass is 9.92. The SMILES string of the molecule is CCCCCCC1=CC=CC1CCCCCC. The zero-order valence-electron chi connectivity index (χ0n) is 11.9. The van der Waals surface area contributed by atoms with Gasteiger partial charge in [0.05, 0.1) is 0 Å². The number of hydrogen-bond donors (Lipinski definition) is 0. The Balaban J connectivity index is 2.12. The summed E-state index contributed by atoms with van der Waals surface area (Å²) in [4.78, 5) is 0. The zero-order chi connectivity index (χ0) is 12.3. The normalized spacial score (nSPS) is 18.7. The number of unbranched alkanes of at least 4 members (excludes halogenated alkanes) is 6. The van der Waals surface area contributed by atoms with Crippen LogP contribution in [0.3, 0.4) is 0 Å². The van der Waals surface area contributed by atoms with Gasteiger partial charge in [0, 0.05) is 0 Å². The second-order valence-corrected chi connectivity index (χ2v) is 5.39. The summed E-state index contributed by atoms with van der Waals surface area (Å²) in [5, 5.41) is 0. The molecule has 0 radical (unpaired) electrons. The molecule has 0 spiro atoms. The summed E-state index contributed by atoms with van der Waals surface area (Å²) in [6, 6.07) is 0. The Morgan fingerprint density at radius 3 is 2.29 bits per heavy atom. The van der Waals surface area contributed by atoms with Crippen molar-refractivity contribution in [2.24, 2.45) is 5.92 Å². The van der Waals surface area contributed by atoms with E-state index in [1.54, 1.807) is 5.57 Å². The number of hydrogen-bond acceptors (Lipinski definition) is 0. The first-order valence-electron chi connectivity index (χ1n) is 7.75. The van der Waals surface area contributed by atoms with Gasteiger partial charge in [0.1, 0.15) is 0 Å². The van der Waals surface area contributed by atoms with Crippen molar-refractivity contribution in [3.8, 4) is 0 Å². The van der Waals surface area contributed by atoms with Crippen molar-refractivity contribution in [2.75, 3.05) is 0 Å². The van der Waals surface area contributed by atoms with Gasteiger partial charge < -0.3 is 0 Å². The van der Waals surface area contributed by atoms with Crippen molar-refractivity contribution in [2.45, 2.75) is 78.1 Å². The molecule has 0 saturated heterocycles. The Hall–Kier alpha value is -0.520. The van der Waals surface area contributed by atoms with E-state index < -0.39 is 0 Å². The fourth-order valence-electron chi connectivity index (χ4n) is 2.66. The summed E-state index contributed by atoms with van der Waals surface area (Å²) in [6.07, 6.45) is 20.9. The maximum absolute atomic E-state index is 2.42. The molecular formula is C17H30. The van der Waals surface area contributed by atoms with E-state index in [0.29, 0.717) is 0 Å². The second kappa shape index (κ2) is 9.50. The van der Waals surface area contributed by atoms with Gasteiger partial charge in [-0.1, -0.05) is 82.6 Å². The molecule has 1 unspecified atom stereocenters. The van der Waals surface area contributed by atoms with E-state index in [0.717, 1.165) is 5.92 Å². The van der Waals surface area contributed by atoms with Gasteiger partial charge >= 0.3 is 0 Å². The molecule has 0 aromatic carbocycles. The van der Waals surface area contributed by atoms with Gasteiger partial charge in [-0.2, -0.15) is 0 Å². The predicted octanol–water partition coefficient (Wildman–Crippen LogP) is 6.04. The van der Waals surface area contributed by atoms with Crippen LogP contribution in [0.1, 0.15) is 78.1 Å². The zero-order valence-corrected chi connectivity index (χ0v) is 11.9. The molecule has 0 nitrogen and oxygen atoms in total. The average molecular weight is 234 g/mol. The molecule has 0 saturated carbocycles. The van der Waals surface area contributed by atoms with E-state index in [1.165, 1.54) is 64.2 Å². The van der Waals surface area contributed by atoms with Gasteiger partial charge in [0.25, 0.3) is 0 Å². The standard InChI is InChI=1S/C17H30/c1-3-5-7-9-12-16-14-11-15-17(16)13-10-8-6-4-2/h11,14-16H,3-10,12-13H2,1-2H3. The molecule has 17 heavy (non-hydrogen) atoms. The Morgan fingerprint density at radius 1 is 0.882 bits per heavy atom. The van der Waals surface area contributed by atoms with E-state index in [2.05, 4.69) is 32.1 Å². The second-order valence-electron chi connectivity index (χ2n) is 5.39. The molecule has 0 aromatic heterocycles. The van der Waals surface area contributed by atoms with Gasteiger partial charge in [-0.3, -0.25) is 0 Å². The van der Waals surface area contributed by atoms with Crippen LogP contribution < -0.4 is 0 Å². The first-order chi connectivity index (χ1) is 8.38. The summed E-state index contributed by atoms with van der Waals surface area (Å²) in [5.41, 5.74) is 1.71. The quantitative estimate of drug-likeness (QED) is 0.404. The molecule has 1 atom stereocenters. The summed E-state index contributed by atoms with van der Waals surface area (Å²) in [6.45, 7) is 4.57. The van der Waals surface area contributed by atoms with Crippen LogP contribution in [0.5, 0.6) is 0 Å². The van der Waals surface area contributed by atoms with Crippen molar-refractivity contribution in [1.82, 2.24) is 0 Å². The lowest BCUT2D eigenvalue weighted by Gasteiger charge is -2.13. The summed E-state index contributed by atoms with van der Waals surface area (Å²) >= 11 is 0. The molecule has 0 aliphatic heterocycles. The summed E-state index contributed by atoms with van der Waals surface area (Å²) < 4.78 is 0. The molecule has 0 bridgehead atoms. The van der Waals surface area contributed by atoms with Gasteiger partial charge in [0.15, 0.2) is 0 Å². The van der Waals surface area contributed by atoms with Gasteiger partial charge in [-0.05, 0) is 25.2 Å². The minimum atomic E-state index is 0.786. The lowest BCUT2D eigenvalue weighted by Crippen LogP contribution is -1.99. The fourth-order valence-corrected chi connectivity index (χ4v) is 2.66. The molecule has 1 aliphatic carbocycles. The molecule has 98 valence electrons. The Kier molecular flexibility index (Phi) is 8.13. The minimum absolute atomic E-state index is 0.786. The van der Waals surface area contributed by atoms with Crippen LogP contribution in [0, 0.1) is 5.92 Å². The molecule has 1 aliphatic rings. The highest BCUT2D eigenvalue weighted by molar-refractivity contribution is 5.27. The first-order valence-corrected chi connectivity index (χ1v) is 7.75. The minimum Gasteiger partial charge on any atom is -0.0773 e. The third kappa shape index (κ3) is 6.10. The highest BCUT2D eigenvalue weighted by Crippen LogP contribution is 2.29. The van der Waals surface area contributed by atoms with Crippen molar-refractivity contribution >= 4 is 0 Å². The lowest BCUT2D eigenvalue weighted by molar-refractivity contribution is 0.556. The van der Waals surface area contributed by atoms with E-state index >= 15 is 0 Å². The molecule has 0 aromatic rings. The third-order valence-corrected chi connectivity index (χ3v) is 3.82.